The molecule has 0 radical (unpaired) electrons. The molecule has 0 aliphatic rings. The molecule has 5 heteroatoms. The number of aldehydes is 1. The number of ether oxygens (including phenoxy) is 1. The Morgan fingerprint density at radius 3 is 2.76 bits per heavy atom. The van der Waals surface area contributed by atoms with E-state index in [0.717, 1.165) is 0 Å². The summed E-state index contributed by atoms with van der Waals surface area (Å²) in [6.45, 7) is 1.29. The number of carbonyl (C=O) groups excluding carboxylic acids is 2. The van der Waals surface area contributed by atoms with Gasteiger partial charge in [-0.3, -0.25) is 14.4 Å². The largest absolute Gasteiger partial charge is 0.427 e. The smallest absolute Gasteiger partial charge is 0.308 e. The Hall–Kier alpha value is -2.43. The van der Waals surface area contributed by atoms with Gasteiger partial charge in [-0.2, -0.15) is 0 Å². The van der Waals surface area contributed by atoms with Crippen LogP contribution in [-0.4, -0.2) is 17.2 Å². The molecule has 1 N–H and O–H groups in total. The fourth-order valence-corrected chi connectivity index (χ4v) is 1.59. The molecular formula is C12H9NO4. The Balaban J connectivity index is 2.65. The highest BCUT2D eigenvalue weighted by Crippen LogP contribution is 2.20. The number of hydrogen-bond acceptors (Lipinski definition) is 4. The van der Waals surface area contributed by atoms with Gasteiger partial charge in [0.25, 0.3) is 0 Å². The van der Waals surface area contributed by atoms with Gasteiger partial charge in [-0.05, 0) is 12.1 Å². The average molecular weight is 231 g/mol. The SMILES string of the molecule is CC(=O)Oc1ccc2c(C=O)cc(=O)[nH]c2c1. The summed E-state index contributed by atoms with van der Waals surface area (Å²) >= 11 is 0. The number of esters is 1. The normalized spacial score (nSPS) is 10.2. The Morgan fingerprint density at radius 1 is 1.35 bits per heavy atom. The molecule has 0 aliphatic heterocycles. The molecular weight excluding hydrogens is 222 g/mol. The maximum absolute atomic E-state index is 11.3. The predicted octanol–water partition coefficient (Wildman–Crippen LogP) is 1.27. The van der Waals surface area contributed by atoms with Crippen molar-refractivity contribution in [3.05, 3.63) is 40.2 Å². The number of H-pyrrole nitrogens is 1. The Morgan fingerprint density at radius 2 is 2.12 bits per heavy atom. The number of aromatic nitrogens is 1. The lowest BCUT2D eigenvalue weighted by atomic mass is 10.1. The number of carbonyl (C=O) groups is 2. The lowest BCUT2D eigenvalue weighted by Gasteiger charge is -2.04. The molecule has 0 saturated heterocycles. The minimum absolute atomic E-state index is 0.304. The molecule has 0 unspecified atom stereocenters. The Bertz CT molecular complexity index is 657. The standard InChI is InChI=1S/C12H9NO4/c1-7(15)17-9-2-3-10-8(6-14)4-12(16)13-11(10)5-9/h2-6H,1H3,(H,13,16). The van der Waals surface area contributed by atoms with Crippen molar-refractivity contribution in [3.63, 3.8) is 0 Å². The second-order valence-corrected chi connectivity index (χ2v) is 3.51. The Labute approximate surface area is 96.0 Å². The molecule has 2 rings (SSSR count). The minimum Gasteiger partial charge on any atom is -0.427 e. The molecule has 0 saturated carbocycles. The van der Waals surface area contributed by atoms with E-state index in [2.05, 4.69) is 4.98 Å². The van der Waals surface area contributed by atoms with Crippen molar-refractivity contribution in [3.8, 4) is 5.75 Å². The number of nitrogens with one attached hydrogen (secondary N) is 1. The molecule has 2 aromatic rings. The van der Waals surface area contributed by atoms with Gasteiger partial charge in [0.15, 0.2) is 6.29 Å². The fourth-order valence-electron chi connectivity index (χ4n) is 1.59. The van der Waals surface area contributed by atoms with E-state index in [-0.39, 0.29) is 5.56 Å². The number of benzene rings is 1. The predicted molar refractivity (Wildman–Crippen MR) is 61.3 cm³/mol. The van der Waals surface area contributed by atoms with Crippen LogP contribution in [0, 0.1) is 0 Å². The number of rotatable bonds is 2. The van der Waals surface area contributed by atoms with Crippen molar-refractivity contribution in [1.29, 1.82) is 0 Å². The van der Waals surface area contributed by atoms with Gasteiger partial charge in [0, 0.05) is 30.0 Å². The summed E-state index contributed by atoms with van der Waals surface area (Å²) in [5.41, 5.74) is 0.385. The summed E-state index contributed by atoms with van der Waals surface area (Å²) in [4.78, 5) is 35.4. The summed E-state index contributed by atoms with van der Waals surface area (Å²) in [5.74, 6) is -0.123. The zero-order valence-corrected chi connectivity index (χ0v) is 9.02. The molecule has 1 aromatic heterocycles. The van der Waals surface area contributed by atoms with Crippen LogP contribution in [0.4, 0.5) is 0 Å². The molecule has 0 bridgehead atoms. The van der Waals surface area contributed by atoms with Crippen LogP contribution in [0.3, 0.4) is 0 Å². The molecule has 86 valence electrons. The van der Waals surface area contributed by atoms with Gasteiger partial charge in [-0.15, -0.1) is 0 Å². The van der Waals surface area contributed by atoms with E-state index in [4.69, 9.17) is 4.74 Å². The molecule has 0 spiro atoms. The van der Waals surface area contributed by atoms with Crippen molar-refractivity contribution in [2.24, 2.45) is 0 Å². The van der Waals surface area contributed by atoms with Crippen molar-refractivity contribution in [2.45, 2.75) is 6.92 Å². The van der Waals surface area contributed by atoms with E-state index in [9.17, 15) is 14.4 Å². The first-order chi connectivity index (χ1) is 8.10. The molecule has 17 heavy (non-hydrogen) atoms. The molecule has 1 heterocycles. The minimum atomic E-state index is -0.446. The zero-order chi connectivity index (χ0) is 12.4. The summed E-state index contributed by atoms with van der Waals surface area (Å²) in [6.07, 6.45) is 0.614. The number of fused-ring (bicyclic) bond motifs is 1. The van der Waals surface area contributed by atoms with E-state index < -0.39 is 5.97 Å². The molecule has 0 fully saturated rings. The number of hydrogen-bond donors (Lipinski definition) is 1. The molecule has 5 nitrogen and oxygen atoms in total. The summed E-state index contributed by atoms with van der Waals surface area (Å²) < 4.78 is 4.89. The second-order valence-electron chi connectivity index (χ2n) is 3.51. The van der Waals surface area contributed by atoms with Gasteiger partial charge in [0.1, 0.15) is 5.75 Å². The third kappa shape index (κ3) is 2.23. The van der Waals surface area contributed by atoms with Gasteiger partial charge in [-0.1, -0.05) is 0 Å². The van der Waals surface area contributed by atoms with E-state index in [1.54, 1.807) is 12.1 Å². The van der Waals surface area contributed by atoms with E-state index in [0.29, 0.717) is 28.5 Å². The van der Waals surface area contributed by atoms with E-state index >= 15 is 0 Å². The highest BCUT2D eigenvalue weighted by molar-refractivity contribution is 5.96. The summed E-state index contributed by atoms with van der Waals surface area (Å²) in [5, 5.41) is 0.607. The lowest BCUT2D eigenvalue weighted by Crippen LogP contribution is -2.07. The summed E-state index contributed by atoms with van der Waals surface area (Å²) in [7, 11) is 0. The van der Waals surface area contributed by atoms with Gasteiger partial charge < -0.3 is 9.72 Å². The van der Waals surface area contributed by atoms with Crippen LogP contribution in [0.5, 0.6) is 5.75 Å². The van der Waals surface area contributed by atoms with Gasteiger partial charge in [-0.25, -0.2) is 0 Å². The van der Waals surface area contributed by atoms with Crippen LogP contribution in [0.25, 0.3) is 10.9 Å². The number of aromatic amines is 1. The van der Waals surface area contributed by atoms with Crippen LogP contribution >= 0.6 is 0 Å². The second kappa shape index (κ2) is 4.21. The third-order valence-corrected chi connectivity index (χ3v) is 2.24. The Kier molecular flexibility index (Phi) is 2.74. The van der Waals surface area contributed by atoms with E-state index in [1.807, 2.05) is 0 Å². The number of pyridine rings is 1. The average Bonchev–Trinajstić information content (AvgIpc) is 2.26. The summed E-state index contributed by atoms with van der Waals surface area (Å²) in [6, 6.07) is 5.91. The van der Waals surface area contributed by atoms with Crippen molar-refractivity contribution in [1.82, 2.24) is 4.98 Å². The highest BCUT2D eigenvalue weighted by atomic mass is 16.5. The van der Waals surface area contributed by atoms with Crippen molar-refractivity contribution in [2.75, 3.05) is 0 Å². The third-order valence-electron chi connectivity index (χ3n) is 2.24. The molecule has 0 aliphatic carbocycles. The first kappa shape index (κ1) is 11.1. The van der Waals surface area contributed by atoms with Crippen LogP contribution in [0.15, 0.2) is 29.1 Å². The van der Waals surface area contributed by atoms with Gasteiger partial charge in [0.05, 0.1) is 5.52 Å². The van der Waals surface area contributed by atoms with Gasteiger partial charge in [0.2, 0.25) is 5.56 Å². The topological polar surface area (TPSA) is 76.2 Å². The first-order valence-electron chi connectivity index (χ1n) is 4.91. The maximum atomic E-state index is 11.3. The van der Waals surface area contributed by atoms with Crippen molar-refractivity contribution < 1.29 is 14.3 Å². The maximum Gasteiger partial charge on any atom is 0.308 e. The molecule has 0 atom stereocenters. The van der Waals surface area contributed by atoms with Gasteiger partial charge >= 0.3 is 5.97 Å². The van der Waals surface area contributed by atoms with Crippen LogP contribution in [-0.2, 0) is 4.79 Å². The van der Waals surface area contributed by atoms with Crippen LogP contribution in [0.1, 0.15) is 17.3 Å². The first-order valence-corrected chi connectivity index (χ1v) is 4.91. The van der Waals surface area contributed by atoms with Crippen molar-refractivity contribution >= 4 is 23.2 Å². The van der Waals surface area contributed by atoms with Crippen LogP contribution in [0.2, 0.25) is 0 Å². The highest BCUT2D eigenvalue weighted by Gasteiger charge is 2.05. The lowest BCUT2D eigenvalue weighted by molar-refractivity contribution is -0.131. The zero-order valence-electron chi connectivity index (χ0n) is 9.02. The van der Waals surface area contributed by atoms with Crippen LogP contribution < -0.4 is 10.3 Å². The molecule has 0 amide bonds. The fraction of sp³-hybridized carbons (Fsp3) is 0.0833. The van der Waals surface area contributed by atoms with E-state index in [1.165, 1.54) is 19.1 Å². The quantitative estimate of drug-likeness (QED) is 0.479. The molecule has 1 aromatic carbocycles. The monoisotopic (exact) mass is 231 g/mol.